The molecule has 0 N–H and O–H groups in total. The molecule has 0 saturated heterocycles. The van der Waals surface area contributed by atoms with Crippen LogP contribution >= 0.6 is 0 Å². The summed E-state index contributed by atoms with van der Waals surface area (Å²) in [5.74, 6) is 1.25. The average Bonchev–Trinajstić information content (AvgIpc) is 3.31. The van der Waals surface area contributed by atoms with E-state index in [9.17, 15) is 4.79 Å². The fourth-order valence-electron chi connectivity index (χ4n) is 2.58. The van der Waals surface area contributed by atoms with Gasteiger partial charge in [-0.25, -0.2) is 4.79 Å². The highest BCUT2D eigenvalue weighted by Crippen LogP contribution is 2.20. The molecule has 1 aromatic carbocycles. The maximum atomic E-state index is 11.4. The van der Waals surface area contributed by atoms with E-state index in [0.717, 1.165) is 12.0 Å². The van der Waals surface area contributed by atoms with Crippen LogP contribution in [0.5, 0.6) is 0 Å². The van der Waals surface area contributed by atoms with Crippen molar-refractivity contribution in [3.8, 4) is 11.4 Å². The van der Waals surface area contributed by atoms with Gasteiger partial charge in [-0.05, 0) is 24.0 Å². The molecule has 2 heterocycles. The van der Waals surface area contributed by atoms with E-state index in [2.05, 4.69) is 46.0 Å². The molecule has 7 nitrogen and oxygen atoms in total. The summed E-state index contributed by atoms with van der Waals surface area (Å²) in [6, 6.07) is 9.85. The van der Waals surface area contributed by atoms with Crippen molar-refractivity contribution in [1.29, 1.82) is 0 Å². The number of benzene rings is 1. The standard InChI is InChI=1S/C19H22N4O3/c1-13(2)14-6-8-15(9-7-14)18-20-17(26-22-18)5-4-11-23-12-10-16(21-23)19(24)25-3/h6-10,12-13H,4-5,11H2,1-3H3. The van der Waals surface area contributed by atoms with E-state index < -0.39 is 5.97 Å². The lowest BCUT2D eigenvalue weighted by Gasteiger charge is -2.04. The number of nitrogens with zero attached hydrogens (tertiary/aromatic N) is 4. The summed E-state index contributed by atoms with van der Waals surface area (Å²) in [4.78, 5) is 15.8. The van der Waals surface area contributed by atoms with Crippen molar-refractivity contribution in [2.45, 2.75) is 39.2 Å². The molecule has 3 aromatic rings. The number of carbonyl (C=O) groups excluding carboxylic acids is 1. The lowest BCUT2D eigenvalue weighted by Crippen LogP contribution is -2.05. The fourth-order valence-corrected chi connectivity index (χ4v) is 2.58. The topological polar surface area (TPSA) is 83.0 Å². The second-order valence-corrected chi connectivity index (χ2v) is 6.35. The Morgan fingerprint density at radius 2 is 2.00 bits per heavy atom. The van der Waals surface area contributed by atoms with E-state index in [1.54, 1.807) is 16.9 Å². The van der Waals surface area contributed by atoms with Gasteiger partial charge in [0.05, 0.1) is 7.11 Å². The van der Waals surface area contributed by atoms with Crippen LogP contribution in [0, 0.1) is 0 Å². The summed E-state index contributed by atoms with van der Waals surface area (Å²) in [5, 5.41) is 8.22. The van der Waals surface area contributed by atoms with Crippen molar-refractivity contribution in [3.05, 3.63) is 53.7 Å². The van der Waals surface area contributed by atoms with Crippen molar-refractivity contribution < 1.29 is 14.1 Å². The minimum atomic E-state index is -0.436. The molecule has 136 valence electrons. The van der Waals surface area contributed by atoms with Gasteiger partial charge < -0.3 is 9.26 Å². The van der Waals surface area contributed by atoms with Gasteiger partial charge in [0.15, 0.2) is 5.69 Å². The monoisotopic (exact) mass is 354 g/mol. The maximum Gasteiger partial charge on any atom is 0.358 e. The third kappa shape index (κ3) is 4.17. The van der Waals surface area contributed by atoms with Gasteiger partial charge in [0.25, 0.3) is 0 Å². The SMILES string of the molecule is COC(=O)c1ccn(CCCc2nc(-c3ccc(C(C)C)cc3)no2)n1. The van der Waals surface area contributed by atoms with Crippen LogP contribution in [0.3, 0.4) is 0 Å². The van der Waals surface area contributed by atoms with Crippen molar-refractivity contribution >= 4 is 5.97 Å². The predicted octanol–water partition coefficient (Wildman–Crippen LogP) is 3.48. The molecular weight excluding hydrogens is 332 g/mol. The molecule has 0 aliphatic carbocycles. The zero-order chi connectivity index (χ0) is 18.5. The van der Waals surface area contributed by atoms with Gasteiger partial charge in [-0.3, -0.25) is 4.68 Å². The van der Waals surface area contributed by atoms with Crippen LogP contribution in [-0.4, -0.2) is 33.0 Å². The van der Waals surface area contributed by atoms with Crippen molar-refractivity contribution in [3.63, 3.8) is 0 Å². The first-order chi connectivity index (χ1) is 12.6. The molecule has 2 aromatic heterocycles. The maximum absolute atomic E-state index is 11.4. The van der Waals surface area contributed by atoms with E-state index in [-0.39, 0.29) is 0 Å². The summed E-state index contributed by atoms with van der Waals surface area (Å²) in [7, 11) is 1.34. The van der Waals surface area contributed by atoms with Crippen LogP contribution in [-0.2, 0) is 17.7 Å². The number of ether oxygens (including phenoxy) is 1. The molecular formula is C19H22N4O3. The number of rotatable bonds is 7. The van der Waals surface area contributed by atoms with Crippen LogP contribution < -0.4 is 0 Å². The number of aryl methyl sites for hydroxylation is 2. The molecule has 0 atom stereocenters. The average molecular weight is 354 g/mol. The molecule has 26 heavy (non-hydrogen) atoms. The normalized spacial score (nSPS) is 11.1. The van der Waals surface area contributed by atoms with Gasteiger partial charge in [0.2, 0.25) is 11.7 Å². The molecule has 0 spiro atoms. The Bertz CT molecular complexity index is 865. The van der Waals surface area contributed by atoms with E-state index in [1.165, 1.54) is 12.7 Å². The fraction of sp³-hybridized carbons (Fsp3) is 0.368. The predicted molar refractivity (Wildman–Crippen MR) is 95.7 cm³/mol. The molecule has 0 radical (unpaired) electrons. The summed E-state index contributed by atoms with van der Waals surface area (Å²) < 4.78 is 11.7. The van der Waals surface area contributed by atoms with E-state index in [4.69, 9.17) is 4.52 Å². The van der Waals surface area contributed by atoms with Crippen LogP contribution in [0.1, 0.15) is 48.1 Å². The van der Waals surface area contributed by atoms with Crippen LogP contribution in [0.4, 0.5) is 0 Å². The van der Waals surface area contributed by atoms with Gasteiger partial charge >= 0.3 is 5.97 Å². The number of methoxy groups -OCH3 is 1. The van der Waals surface area contributed by atoms with Gasteiger partial charge in [0, 0.05) is 24.7 Å². The Balaban J connectivity index is 1.55. The lowest BCUT2D eigenvalue weighted by atomic mass is 10.0. The molecule has 0 saturated carbocycles. The first kappa shape index (κ1) is 17.8. The number of hydrogen-bond acceptors (Lipinski definition) is 6. The lowest BCUT2D eigenvalue weighted by molar-refractivity contribution is 0.0593. The number of aromatic nitrogens is 4. The Morgan fingerprint density at radius 3 is 2.69 bits per heavy atom. The Kier molecular flexibility index (Phi) is 5.46. The largest absolute Gasteiger partial charge is 0.464 e. The molecule has 0 fully saturated rings. The second kappa shape index (κ2) is 7.95. The van der Waals surface area contributed by atoms with Gasteiger partial charge in [-0.2, -0.15) is 10.1 Å². The Hall–Kier alpha value is -2.96. The Labute approximate surface area is 152 Å². The van der Waals surface area contributed by atoms with Crippen LogP contribution in [0.15, 0.2) is 41.1 Å². The zero-order valence-electron chi connectivity index (χ0n) is 15.2. The highest BCUT2D eigenvalue weighted by Gasteiger charge is 2.11. The van der Waals surface area contributed by atoms with E-state index in [1.807, 2.05) is 12.1 Å². The van der Waals surface area contributed by atoms with E-state index >= 15 is 0 Å². The zero-order valence-corrected chi connectivity index (χ0v) is 15.2. The minimum Gasteiger partial charge on any atom is -0.464 e. The smallest absolute Gasteiger partial charge is 0.358 e. The van der Waals surface area contributed by atoms with Crippen molar-refractivity contribution in [2.75, 3.05) is 7.11 Å². The van der Waals surface area contributed by atoms with Crippen LogP contribution in [0.25, 0.3) is 11.4 Å². The molecule has 0 amide bonds. The highest BCUT2D eigenvalue weighted by atomic mass is 16.5. The van der Waals surface area contributed by atoms with Crippen LogP contribution in [0.2, 0.25) is 0 Å². The molecule has 7 heteroatoms. The third-order valence-electron chi connectivity index (χ3n) is 4.12. The van der Waals surface area contributed by atoms with Gasteiger partial charge in [-0.1, -0.05) is 43.3 Å². The van der Waals surface area contributed by atoms with E-state index in [0.29, 0.717) is 36.3 Å². The Morgan fingerprint density at radius 1 is 1.23 bits per heavy atom. The molecule has 0 bridgehead atoms. The summed E-state index contributed by atoms with van der Waals surface area (Å²) in [6.07, 6.45) is 3.17. The number of carbonyl (C=O) groups is 1. The first-order valence-corrected chi connectivity index (χ1v) is 8.61. The summed E-state index contributed by atoms with van der Waals surface area (Å²) >= 11 is 0. The minimum absolute atomic E-state index is 0.303. The quantitative estimate of drug-likeness (QED) is 0.604. The summed E-state index contributed by atoms with van der Waals surface area (Å²) in [5.41, 5.74) is 2.53. The second-order valence-electron chi connectivity index (χ2n) is 6.35. The highest BCUT2D eigenvalue weighted by molar-refractivity contribution is 5.86. The number of hydrogen-bond donors (Lipinski definition) is 0. The summed E-state index contributed by atoms with van der Waals surface area (Å²) in [6.45, 7) is 4.97. The molecule has 0 aliphatic heterocycles. The molecule has 0 aliphatic rings. The molecule has 0 unspecified atom stereocenters. The first-order valence-electron chi connectivity index (χ1n) is 8.61. The molecule has 3 rings (SSSR count). The third-order valence-corrected chi connectivity index (χ3v) is 4.12. The van der Waals surface area contributed by atoms with Crippen molar-refractivity contribution in [2.24, 2.45) is 0 Å². The van der Waals surface area contributed by atoms with Gasteiger partial charge in [-0.15, -0.1) is 0 Å². The van der Waals surface area contributed by atoms with Crippen molar-refractivity contribution in [1.82, 2.24) is 19.9 Å². The van der Waals surface area contributed by atoms with Gasteiger partial charge in [0.1, 0.15) is 0 Å². The number of esters is 1.